The molecule has 0 saturated carbocycles. The minimum Gasteiger partial charge on any atom is -0.493 e. The van der Waals surface area contributed by atoms with Crippen LogP contribution in [0.2, 0.25) is 0 Å². The fourth-order valence-electron chi connectivity index (χ4n) is 3.66. The van der Waals surface area contributed by atoms with Crippen molar-refractivity contribution in [3.8, 4) is 11.5 Å². The normalized spacial score (nSPS) is 11.2. The molecular formula is C26H29N5O6S. The number of nitrogens with two attached hydrogens (primary N) is 1. The van der Waals surface area contributed by atoms with Gasteiger partial charge in [0.05, 0.1) is 36.8 Å². The number of hydrogen-bond acceptors (Lipinski definition) is 10. The number of nitrogens with zero attached hydrogens (tertiary/aromatic N) is 2. The summed E-state index contributed by atoms with van der Waals surface area (Å²) in [6, 6.07) is 16.5. The highest BCUT2D eigenvalue weighted by Crippen LogP contribution is 2.35. The minimum absolute atomic E-state index is 0. The zero-order chi connectivity index (χ0) is 27.3. The van der Waals surface area contributed by atoms with Crippen LogP contribution in [0.5, 0.6) is 11.5 Å². The molecule has 3 aromatic carbocycles. The van der Waals surface area contributed by atoms with Crippen LogP contribution in [0.25, 0.3) is 10.9 Å². The molecule has 1 heterocycles. The van der Waals surface area contributed by atoms with Crippen LogP contribution in [0.3, 0.4) is 0 Å². The molecule has 12 heteroatoms. The largest absolute Gasteiger partial charge is 0.493 e. The second-order valence-electron chi connectivity index (χ2n) is 8.09. The summed E-state index contributed by atoms with van der Waals surface area (Å²) in [5.41, 5.74) is 2.51. The summed E-state index contributed by atoms with van der Waals surface area (Å²) < 4.78 is 39.0. The van der Waals surface area contributed by atoms with Crippen molar-refractivity contribution in [1.29, 1.82) is 0 Å². The van der Waals surface area contributed by atoms with E-state index in [2.05, 4.69) is 20.6 Å². The Balaban J connectivity index is 0.00000420. The van der Waals surface area contributed by atoms with Crippen molar-refractivity contribution in [2.75, 3.05) is 31.5 Å². The van der Waals surface area contributed by atoms with Crippen molar-refractivity contribution in [2.45, 2.75) is 18.4 Å². The third-order valence-corrected chi connectivity index (χ3v) is 6.49. The third kappa shape index (κ3) is 6.10. The highest BCUT2D eigenvalue weighted by Gasteiger charge is 2.15. The topological polar surface area (TPSA) is 155 Å². The summed E-state index contributed by atoms with van der Waals surface area (Å²) >= 11 is 0. The molecule has 1 aromatic heterocycles. The Morgan fingerprint density at radius 1 is 0.974 bits per heavy atom. The molecule has 0 bridgehead atoms. The van der Waals surface area contributed by atoms with Gasteiger partial charge in [0.1, 0.15) is 5.82 Å². The lowest BCUT2D eigenvalue weighted by Gasteiger charge is -2.15. The van der Waals surface area contributed by atoms with Gasteiger partial charge in [-0.3, -0.25) is 0 Å². The van der Waals surface area contributed by atoms with E-state index in [0.717, 1.165) is 5.56 Å². The number of primary sulfonamides is 1. The third-order valence-electron chi connectivity index (χ3n) is 5.57. The Morgan fingerprint density at radius 3 is 2.24 bits per heavy atom. The smallest absolute Gasteiger partial charge is 0.338 e. The number of aromatic nitrogens is 2. The van der Waals surface area contributed by atoms with Crippen LogP contribution in [0.1, 0.15) is 24.3 Å². The molecule has 0 unspecified atom stereocenters. The van der Waals surface area contributed by atoms with Crippen LogP contribution in [-0.2, 0) is 21.3 Å². The quantitative estimate of drug-likeness (QED) is 0.251. The summed E-state index contributed by atoms with van der Waals surface area (Å²) in [4.78, 5) is 21.2. The number of methoxy groups -OCH3 is 2. The molecule has 4 aromatic rings. The van der Waals surface area contributed by atoms with Crippen LogP contribution in [0, 0.1) is 0 Å². The number of rotatable bonds is 10. The van der Waals surface area contributed by atoms with Gasteiger partial charge in [-0.05, 0) is 55.0 Å². The molecule has 38 heavy (non-hydrogen) atoms. The van der Waals surface area contributed by atoms with Gasteiger partial charge in [-0.2, -0.15) is 4.98 Å². The number of anilines is 3. The second-order valence-corrected chi connectivity index (χ2v) is 9.65. The number of nitrogens with one attached hydrogen (secondary N) is 2. The van der Waals surface area contributed by atoms with E-state index in [1.807, 2.05) is 0 Å². The molecule has 0 aliphatic rings. The van der Waals surface area contributed by atoms with E-state index in [0.29, 0.717) is 58.6 Å². The molecule has 200 valence electrons. The molecule has 0 saturated heterocycles. The first-order valence-electron chi connectivity index (χ1n) is 11.6. The van der Waals surface area contributed by atoms with Crippen molar-refractivity contribution in [2.24, 2.45) is 5.14 Å². The molecule has 0 amide bonds. The lowest BCUT2D eigenvalue weighted by atomic mass is 10.2. The van der Waals surface area contributed by atoms with Gasteiger partial charge < -0.3 is 24.8 Å². The van der Waals surface area contributed by atoms with Crippen LogP contribution in [0.15, 0.2) is 65.6 Å². The molecule has 0 aliphatic heterocycles. The number of carbonyl (C=O) groups excluding carboxylic acids is 1. The minimum atomic E-state index is -3.78. The molecule has 0 atom stereocenters. The highest BCUT2D eigenvalue weighted by molar-refractivity contribution is 7.89. The van der Waals surface area contributed by atoms with E-state index in [1.165, 1.54) is 12.1 Å². The van der Waals surface area contributed by atoms with Crippen LogP contribution in [-0.4, -0.2) is 45.2 Å². The van der Waals surface area contributed by atoms with Crippen molar-refractivity contribution < 1.29 is 28.8 Å². The number of ether oxygens (including phenoxy) is 3. The van der Waals surface area contributed by atoms with E-state index in [1.54, 1.807) is 69.7 Å². The number of carbonyl (C=O) groups is 1. The van der Waals surface area contributed by atoms with E-state index in [9.17, 15) is 13.2 Å². The second kappa shape index (κ2) is 11.3. The zero-order valence-electron chi connectivity index (χ0n) is 21.0. The van der Waals surface area contributed by atoms with Crippen molar-refractivity contribution in [3.05, 3.63) is 71.8 Å². The monoisotopic (exact) mass is 539 g/mol. The Hall–Kier alpha value is -4.42. The number of hydrogen-bond donors (Lipinski definition) is 3. The predicted molar refractivity (Wildman–Crippen MR) is 146 cm³/mol. The van der Waals surface area contributed by atoms with Crippen LogP contribution in [0.4, 0.5) is 17.5 Å². The van der Waals surface area contributed by atoms with Gasteiger partial charge in [0, 0.05) is 25.1 Å². The Morgan fingerprint density at radius 2 is 1.63 bits per heavy atom. The van der Waals surface area contributed by atoms with Gasteiger partial charge in [-0.1, -0.05) is 12.1 Å². The van der Waals surface area contributed by atoms with Crippen molar-refractivity contribution >= 4 is 44.3 Å². The van der Waals surface area contributed by atoms with Gasteiger partial charge >= 0.3 is 5.97 Å². The number of esters is 1. The van der Waals surface area contributed by atoms with E-state index >= 15 is 0 Å². The first-order chi connectivity index (χ1) is 18.2. The zero-order valence-corrected chi connectivity index (χ0v) is 21.8. The first-order valence-corrected chi connectivity index (χ1v) is 13.1. The average Bonchev–Trinajstić information content (AvgIpc) is 2.91. The summed E-state index contributed by atoms with van der Waals surface area (Å²) in [5, 5.41) is 12.3. The standard InChI is InChI=1S/C26H27N5O6S.H2/c1-4-37-25(32)17-7-9-18(10-8-17)29-26-30-21-14-23(36-3)22(35-2)13-20(21)24(31-26)28-15-16-5-11-19(12-6-16)38(27,33)34;/h5-14H,4,15H2,1-3H3,(H2,27,33,34)(H2,28,29,30,31);1H. The van der Waals surface area contributed by atoms with Gasteiger partial charge in [0.25, 0.3) is 0 Å². The van der Waals surface area contributed by atoms with E-state index in [4.69, 9.17) is 19.3 Å². The number of benzene rings is 3. The lowest BCUT2D eigenvalue weighted by Crippen LogP contribution is -2.12. The Bertz CT molecular complexity index is 1570. The van der Waals surface area contributed by atoms with Crippen molar-refractivity contribution in [1.82, 2.24) is 9.97 Å². The van der Waals surface area contributed by atoms with Crippen LogP contribution < -0.4 is 25.2 Å². The molecule has 11 nitrogen and oxygen atoms in total. The Labute approximate surface area is 221 Å². The molecule has 0 radical (unpaired) electrons. The SMILES string of the molecule is CCOC(=O)c1ccc(Nc2nc(NCc3ccc(S(N)(=O)=O)cc3)c3cc(OC)c(OC)cc3n2)cc1.[HH]. The highest BCUT2D eigenvalue weighted by atomic mass is 32.2. The average molecular weight is 540 g/mol. The maximum Gasteiger partial charge on any atom is 0.338 e. The van der Waals surface area contributed by atoms with E-state index < -0.39 is 16.0 Å². The summed E-state index contributed by atoms with van der Waals surface area (Å²) in [6.45, 7) is 2.39. The molecule has 0 aliphatic carbocycles. The molecule has 0 fully saturated rings. The summed E-state index contributed by atoms with van der Waals surface area (Å²) in [7, 11) is -0.693. The molecular weight excluding hydrogens is 510 g/mol. The lowest BCUT2D eigenvalue weighted by molar-refractivity contribution is 0.0526. The summed E-state index contributed by atoms with van der Waals surface area (Å²) in [6.07, 6.45) is 0. The predicted octanol–water partition coefficient (Wildman–Crippen LogP) is 4.07. The fourth-order valence-corrected chi connectivity index (χ4v) is 4.18. The maximum absolute atomic E-state index is 11.9. The van der Waals surface area contributed by atoms with Gasteiger partial charge in [0.2, 0.25) is 16.0 Å². The van der Waals surface area contributed by atoms with E-state index in [-0.39, 0.29) is 6.32 Å². The van der Waals surface area contributed by atoms with Crippen molar-refractivity contribution in [3.63, 3.8) is 0 Å². The van der Waals surface area contributed by atoms with Gasteiger partial charge in [0.15, 0.2) is 11.5 Å². The first kappa shape index (κ1) is 26.6. The Kier molecular flexibility index (Phi) is 7.93. The molecule has 0 spiro atoms. The van der Waals surface area contributed by atoms with Crippen LogP contribution >= 0.6 is 0 Å². The molecule has 4 rings (SSSR count). The number of sulfonamides is 1. The number of fused-ring (bicyclic) bond motifs is 1. The summed E-state index contributed by atoms with van der Waals surface area (Å²) in [5.74, 6) is 1.44. The molecule has 4 N–H and O–H groups in total. The maximum atomic E-state index is 11.9. The fraction of sp³-hybridized carbons (Fsp3) is 0.192. The van der Waals surface area contributed by atoms with Gasteiger partial charge in [-0.25, -0.2) is 23.3 Å². The van der Waals surface area contributed by atoms with Gasteiger partial charge in [-0.15, -0.1) is 0 Å².